The van der Waals surface area contributed by atoms with Gasteiger partial charge in [0.2, 0.25) is 0 Å². The Morgan fingerprint density at radius 2 is 2.16 bits per heavy atom. The van der Waals surface area contributed by atoms with Crippen molar-refractivity contribution in [3.05, 3.63) is 29.0 Å². The largest absolute Gasteiger partial charge is 0.379 e. The fraction of sp³-hybridized carbons (Fsp3) is 0.538. The standard InChI is InChI=1S/C13H15ClN2O3/c14-11-7-15-3-1-10(11)12(17)16-4-6-19-9-13(16)2-5-18-8-13/h1,3,7H,2,4-6,8-9H2/t13-/m0/s1. The minimum absolute atomic E-state index is 0.0683. The zero-order valence-electron chi connectivity index (χ0n) is 10.5. The second kappa shape index (κ2) is 5.07. The lowest BCUT2D eigenvalue weighted by Crippen LogP contribution is -2.59. The van der Waals surface area contributed by atoms with Gasteiger partial charge in [0.05, 0.1) is 35.9 Å². The van der Waals surface area contributed by atoms with Crippen molar-refractivity contribution in [2.45, 2.75) is 12.0 Å². The highest BCUT2D eigenvalue weighted by Gasteiger charge is 2.45. The fourth-order valence-electron chi connectivity index (χ4n) is 2.67. The van der Waals surface area contributed by atoms with E-state index in [0.717, 1.165) is 6.42 Å². The predicted molar refractivity (Wildman–Crippen MR) is 69.3 cm³/mol. The van der Waals surface area contributed by atoms with E-state index in [9.17, 15) is 4.79 Å². The van der Waals surface area contributed by atoms with Crippen LogP contribution in [0, 0.1) is 0 Å². The van der Waals surface area contributed by atoms with Crippen LogP contribution in [0.4, 0.5) is 0 Å². The van der Waals surface area contributed by atoms with Crippen LogP contribution in [0.15, 0.2) is 18.5 Å². The summed E-state index contributed by atoms with van der Waals surface area (Å²) in [6.07, 6.45) is 3.88. The van der Waals surface area contributed by atoms with Gasteiger partial charge in [-0.3, -0.25) is 9.78 Å². The molecule has 2 fully saturated rings. The molecular formula is C13H15ClN2O3. The molecule has 1 aromatic rings. The minimum atomic E-state index is -0.331. The van der Waals surface area contributed by atoms with Gasteiger partial charge in [0, 0.05) is 25.5 Å². The first-order valence-corrected chi connectivity index (χ1v) is 6.68. The van der Waals surface area contributed by atoms with Crippen molar-refractivity contribution in [1.82, 2.24) is 9.88 Å². The van der Waals surface area contributed by atoms with Gasteiger partial charge in [-0.05, 0) is 12.5 Å². The molecule has 0 aromatic carbocycles. The molecule has 0 bridgehead atoms. The van der Waals surface area contributed by atoms with Crippen molar-refractivity contribution in [3.63, 3.8) is 0 Å². The molecule has 0 radical (unpaired) electrons. The van der Waals surface area contributed by atoms with Gasteiger partial charge < -0.3 is 14.4 Å². The maximum atomic E-state index is 12.7. The van der Waals surface area contributed by atoms with Crippen molar-refractivity contribution in [2.24, 2.45) is 0 Å². The number of ether oxygens (including phenoxy) is 2. The van der Waals surface area contributed by atoms with E-state index < -0.39 is 0 Å². The summed E-state index contributed by atoms with van der Waals surface area (Å²) in [5.74, 6) is -0.0683. The van der Waals surface area contributed by atoms with E-state index in [1.54, 1.807) is 12.3 Å². The number of aromatic nitrogens is 1. The summed E-state index contributed by atoms with van der Waals surface area (Å²) in [6, 6.07) is 1.66. The molecule has 0 unspecified atom stereocenters. The van der Waals surface area contributed by atoms with Gasteiger partial charge in [0.15, 0.2) is 0 Å². The highest BCUT2D eigenvalue weighted by molar-refractivity contribution is 6.33. The smallest absolute Gasteiger partial charge is 0.256 e. The first-order chi connectivity index (χ1) is 9.23. The highest BCUT2D eigenvalue weighted by Crippen LogP contribution is 2.31. The van der Waals surface area contributed by atoms with Crippen LogP contribution in [0.5, 0.6) is 0 Å². The molecule has 0 saturated carbocycles. The Kier molecular flexibility index (Phi) is 3.43. The lowest BCUT2D eigenvalue weighted by atomic mass is 9.95. The van der Waals surface area contributed by atoms with Crippen LogP contribution in [0.1, 0.15) is 16.8 Å². The third-order valence-corrected chi connectivity index (χ3v) is 4.03. The van der Waals surface area contributed by atoms with E-state index in [0.29, 0.717) is 43.6 Å². The summed E-state index contributed by atoms with van der Waals surface area (Å²) in [4.78, 5) is 18.4. The number of hydrogen-bond acceptors (Lipinski definition) is 4. The molecule has 1 spiro atoms. The van der Waals surface area contributed by atoms with Gasteiger partial charge in [-0.1, -0.05) is 11.6 Å². The molecule has 102 valence electrons. The first-order valence-electron chi connectivity index (χ1n) is 6.30. The highest BCUT2D eigenvalue weighted by atomic mass is 35.5. The number of carbonyl (C=O) groups is 1. The summed E-state index contributed by atoms with van der Waals surface area (Å²) in [7, 11) is 0. The third-order valence-electron chi connectivity index (χ3n) is 3.73. The number of hydrogen-bond donors (Lipinski definition) is 0. The molecule has 2 aliphatic heterocycles. The average molecular weight is 283 g/mol. The Balaban J connectivity index is 1.91. The van der Waals surface area contributed by atoms with Gasteiger partial charge in [-0.2, -0.15) is 0 Å². The molecule has 1 atom stereocenters. The van der Waals surface area contributed by atoms with Gasteiger partial charge in [-0.25, -0.2) is 0 Å². The summed E-state index contributed by atoms with van der Waals surface area (Å²) < 4.78 is 11.0. The lowest BCUT2D eigenvalue weighted by Gasteiger charge is -2.43. The van der Waals surface area contributed by atoms with E-state index in [2.05, 4.69) is 4.98 Å². The molecule has 3 rings (SSSR count). The van der Waals surface area contributed by atoms with Gasteiger partial charge in [0.1, 0.15) is 0 Å². The van der Waals surface area contributed by atoms with Crippen LogP contribution in [0.2, 0.25) is 5.02 Å². The fourth-order valence-corrected chi connectivity index (χ4v) is 2.87. The van der Waals surface area contributed by atoms with Crippen molar-refractivity contribution in [2.75, 3.05) is 33.0 Å². The molecule has 0 aliphatic carbocycles. The Morgan fingerprint density at radius 1 is 1.37 bits per heavy atom. The summed E-state index contributed by atoms with van der Waals surface area (Å²) >= 11 is 6.06. The molecule has 6 heteroatoms. The summed E-state index contributed by atoms with van der Waals surface area (Å²) in [5.41, 5.74) is 0.159. The summed E-state index contributed by atoms with van der Waals surface area (Å²) in [6.45, 7) is 2.84. The third kappa shape index (κ3) is 2.22. The van der Waals surface area contributed by atoms with Crippen molar-refractivity contribution in [3.8, 4) is 0 Å². The number of morpholine rings is 1. The Bertz CT molecular complexity index is 489. The van der Waals surface area contributed by atoms with Crippen LogP contribution < -0.4 is 0 Å². The minimum Gasteiger partial charge on any atom is -0.379 e. The van der Waals surface area contributed by atoms with E-state index in [1.807, 2.05) is 4.90 Å². The molecule has 0 N–H and O–H groups in total. The number of amides is 1. The zero-order chi connectivity index (χ0) is 13.3. The van der Waals surface area contributed by atoms with Crippen molar-refractivity contribution >= 4 is 17.5 Å². The van der Waals surface area contributed by atoms with Crippen molar-refractivity contribution < 1.29 is 14.3 Å². The van der Waals surface area contributed by atoms with Crippen LogP contribution >= 0.6 is 11.6 Å². The Labute approximate surface area is 116 Å². The van der Waals surface area contributed by atoms with Crippen LogP contribution in [0.3, 0.4) is 0 Å². The van der Waals surface area contributed by atoms with Crippen LogP contribution in [-0.4, -0.2) is 54.3 Å². The second-order valence-corrected chi connectivity index (χ2v) is 5.30. The van der Waals surface area contributed by atoms with E-state index in [-0.39, 0.29) is 11.4 Å². The van der Waals surface area contributed by atoms with Crippen LogP contribution in [0.25, 0.3) is 0 Å². The molecule has 3 heterocycles. The Morgan fingerprint density at radius 3 is 2.89 bits per heavy atom. The Hall–Kier alpha value is -1.17. The summed E-state index contributed by atoms with van der Waals surface area (Å²) in [5, 5.41) is 0.382. The van der Waals surface area contributed by atoms with Gasteiger partial charge in [0.25, 0.3) is 5.91 Å². The quantitative estimate of drug-likeness (QED) is 0.781. The topological polar surface area (TPSA) is 51.7 Å². The normalized spacial score (nSPS) is 26.9. The molecule has 1 amide bonds. The predicted octanol–water partition coefficient (Wildman–Crippen LogP) is 1.37. The number of nitrogens with zero attached hydrogens (tertiary/aromatic N) is 2. The number of pyridine rings is 1. The maximum Gasteiger partial charge on any atom is 0.256 e. The average Bonchev–Trinajstić information content (AvgIpc) is 2.88. The van der Waals surface area contributed by atoms with Crippen LogP contribution in [-0.2, 0) is 9.47 Å². The number of carbonyl (C=O) groups excluding carboxylic acids is 1. The van der Waals surface area contributed by atoms with E-state index in [4.69, 9.17) is 21.1 Å². The zero-order valence-corrected chi connectivity index (χ0v) is 11.2. The molecule has 1 aromatic heterocycles. The van der Waals surface area contributed by atoms with E-state index >= 15 is 0 Å². The molecular weight excluding hydrogens is 268 g/mol. The van der Waals surface area contributed by atoms with Crippen molar-refractivity contribution in [1.29, 1.82) is 0 Å². The monoisotopic (exact) mass is 282 g/mol. The van der Waals surface area contributed by atoms with E-state index in [1.165, 1.54) is 6.20 Å². The first kappa shape index (κ1) is 12.8. The van der Waals surface area contributed by atoms with Gasteiger partial charge in [-0.15, -0.1) is 0 Å². The SMILES string of the molecule is O=C(c1ccncc1Cl)N1CCOC[C@@]12CCOC2. The number of halogens is 1. The molecule has 5 nitrogen and oxygen atoms in total. The molecule has 2 saturated heterocycles. The lowest BCUT2D eigenvalue weighted by molar-refractivity contribution is -0.0550. The second-order valence-electron chi connectivity index (χ2n) is 4.89. The molecule has 2 aliphatic rings. The number of rotatable bonds is 1. The van der Waals surface area contributed by atoms with Gasteiger partial charge >= 0.3 is 0 Å². The maximum absolute atomic E-state index is 12.7. The molecule has 19 heavy (non-hydrogen) atoms.